The van der Waals surface area contributed by atoms with Crippen molar-refractivity contribution in [1.82, 2.24) is 9.29 Å². The second-order valence-electron chi connectivity index (χ2n) is 4.95. The van der Waals surface area contributed by atoms with Crippen LogP contribution < -0.4 is 0 Å². The Kier molecular flexibility index (Phi) is 4.72. The number of aryl methyl sites for hydroxylation is 2. The van der Waals surface area contributed by atoms with Gasteiger partial charge in [-0.25, -0.2) is 13.4 Å². The highest BCUT2D eigenvalue weighted by atomic mass is 35.5. The molecule has 4 nitrogen and oxygen atoms in total. The van der Waals surface area contributed by atoms with Gasteiger partial charge in [-0.2, -0.15) is 4.31 Å². The maximum Gasteiger partial charge on any atom is 0.254 e. The van der Waals surface area contributed by atoms with E-state index in [0.717, 1.165) is 22.5 Å². The maximum absolute atomic E-state index is 12.7. The molecule has 0 aliphatic rings. The SMILES string of the molecule is Cc1ccc(C(C)N(C)S(=O)(=O)c2sc(Cl)nc2C)cc1. The standard InChI is InChI=1S/C14H17ClN2O2S2/c1-9-5-7-12(8-6-9)11(3)17(4)21(18,19)13-10(2)16-14(15)20-13/h5-8,11H,1-4H3. The summed E-state index contributed by atoms with van der Waals surface area (Å²) in [5.74, 6) is 0. The molecule has 7 heteroatoms. The van der Waals surface area contributed by atoms with Gasteiger partial charge in [-0.05, 0) is 26.3 Å². The summed E-state index contributed by atoms with van der Waals surface area (Å²) in [4.78, 5) is 3.98. The Morgan fingerprint density at radius 1 is 1.24 bits per heavy atom. The summed E-state index contributed by atoms with van der Waals surface area (Å²) in [7, 11) is -2.03. The van der Waals surface area contributed by atoms with E-state index >= 15 is 0 Å². The summed E-state index contributed by atoms with van der Waals surface area (Å²) in [6.45, 7) is 5.51. The van der Waals surface area contributed by atoms with Crippen LogP contribution in [0.1, 0.15) is 29.8 Å². The number of hydrogen-bond acceptors (Lipinski definition) is 4. The number of aromatic nitrogens is 1. The van der Waals surface area contributed by atoms with Crippen molar-refractivity contribution >= 4 is 33.0 Å². The van der Waals surface area contributed by atoms with Crippen LogP contribution in [0.25, 0.3) is 0 Å². The van der Waals surface area contributed by atoms with Gasteiger partial charge < -0.3 is 0 Å². The number of hydrogen-bond donors (Lipinski definition) is 0. The fourth-order valence-electron chi connectivity index (χ4n) is 1.98. The lowest BCUT2D eigenvalue weighted by Crippen LogP contribution is -2.29. The van der Waals surface area contributed by atoms with Crippen molar-refractivity contribution in [2.45, 2.75) is 31.0 Å². The minimum Gasteiger partial charge on any atom is -0.229 e. The zero-order valence-corrected chi connectivity index (χ0v) is 14.7. The van der Waals surface area contributed by atoms with E-state index < -0.39 is 10.0 Å². The quantitative estimate of drug-likeness (QED) is 0.847. The Morgan fingerprint density at radius 3 is 2.29 bits per heavy atom. The lowest BCUT2D eigenvalue weighted by molar-refractivity contribution is 0.399. The van der Waals surface area contributed by atoms with Crippen molar-refractivity contribution in [2.24, 2.45) is 0 Å². The molecule has 2 aromatic rings. The molecule has 21 heavy (non-hydrogen) atoms. The molecule has 2 rings (SSSR count). The minimum absolute atomic E-state index is 0.203. The molecule has 1 unspecified atom stereocenters. The van der Waals surface area contributed by atoms with E-state index in [-0.39, 0.29) is 14.7 Å². The Bertz CT molecular complexity index is 739. The molecule has 0 radical (unpaired) electrons. The van der Waals surface area contributed by atoms with Gasteiger partial charge in [0.15, 0.2) is 8.68 Å². The predicted molar refractivity (Wildman–Crippen MR) is 86.4 cm³/mol. The Hall–Kier alpha value is -0.950. The third-order valence-electron chi connectivity index (χ3n) is 3.45. The first-order valence-electron chi connectivity index (χ1n) is 6.41. The van der Waals surface area contributed by atoms with Crippen LogP contribution in [0, 0.1) is 13.8 Å². The summed E-state index contributed by atoms with van der Waals surface area (Å²) < 4.78 is 27.2. The summed E-state index contributed by atoms with van der Waals surface area (Å²) in [6.07, 6.45) is 0. The fourth-order valence-corrected chi connectivity index (χ4v) is 5.24. The molecule has 1 aromatic heterocycles. The highest BCUT2D eigenvalue weighted by Crippen LogP contribution is 2.32. The molecule has 1 aromatic carbocycles. The molecule has 0 saturated carbocycles. The van der Waals surface area contributed by atoms with E-state index in [2.05, 4.69) is 4.98 Å². The van der Waals surface area contributed by atoms with Crippen LogP contribution in [0.5, 0.6) is 0 Å². The lowest BCUT2D eigenvalue weighted by Gasteiger charge is -2.24. The van der Waals surface area contributed by atoms with Crippen molar-refractivity contribution in [3.63, 3.8) is 0 Å². The van der Waals surface area contributed by atoms with Crippen molar-refractivity contribution in [3.05, 3.63) is 45.6 Å². The Morgan fingerprint density at radius 2 is 1.81 bits per heavy atom. The van der Waals surface area contributed by atoms with E-state index in [1.165, 1.54) is 4.31 Å². The van der Waals surface area contributed by atoms with Crippen molar-refractivity contribution in [1.29, 1.82) is 0 Å². The zero-order valence-electron chi connectivity index (χ0n) is 12.3. The van der Waals surface area contributed by atoms with Gasteiger partial charge >= 0.3 is 0 Å². The first-order chi connectivity index (χ1) is 9.73. The van der Waals surface area contributed by atoms with Crippen LogP contribution in [-0.4, -0.2) is 24.8 Å². The molecular formula is C14H17ClN2O2S2. The molecule has 1 heterocycles. The van der Waals surface area contributed by atoms with Gasteiger partial charge in [0.2, 0.25) is 0 Å². The van der Waals surface area contributed by atoms with Gasteiger partial charge in [0.05, 0.1) is 5.69 Å². The van der Waals surface area contributed by atoms with Crippen LogP contribution in [0.3, 0.4) is 0 Å². The highest BCUT2D eigenvalue weighted by molar-refractivity contribution is 7.91. The topological polar surface area (TPSA) is 50.3 Å². The zero-order chi connectivity index (χ0) is 15.8. The number of sulfonamides is 1. The largest absolute Gasteiger partial charge is 0.254 e. The molecule has 0 amide bonds. The second kappa shape index (κ2) is 6.04. The van der Waals surface area contributed by atoms with Gasteiger partial charge in [0.1, 0.15) is 0 Å². The first-order valence-corrected chi connectivity index (χ1v) is 9.04. The van der Waals surface area contributed by atoms with E-state index in [1.807, 2.05) is 38.1 Å². The average molecular weight is 345 g/mol. The van der Waals surface area contributed by atoms with Gasteiger partial charge in [-0.15, -0.1) is 0 Å². The van der Waals surface area contributed by atoms with Crippen LogP contribution in [0.2, 0.25) is 4.47 Å². The smallest absolute Gasteiger partial charge is 0.229 e. The molecule has 0 spiro atoms. The van der Waals surface area contributed by atoms with Crippen LogP contribution in [0.15, 0.2) is 28.5 Å². The Balaban J connectivity index is 2.36. The fraction of sp³-hybridized carbons (Fsp3) is 0.357. The summed E-state index contributed by atoms with van der Waals surface area (Å²) >= 11 is 6.80. The third kappa shape index (κ3) is 3.29. The van der Waals surface area contributed by atoms with Gasteiger partial charge in [-0.3, -0.25) is 0 Å². The molecule has 0 N–H and O–H groups in total. The molecule has 114 valence electrons. The van der Waals surface area contributed by atoms with Gasteiger partial charge in [0, 0.05) is 13.1 Å². The summed E-state index contributed by atoms with van der Waals surface area (Å²) in [6, 6.07) is 7.56. The molecule has 0 fully saturated rings. The van der Waals surface area contributed by atoms with Crippen LogP contribution >= 0.6 is 22.9 Å². The minimum atomic E-state index is -3.60. The molecule has 0 aliphatic carbocycles. The number of nitrogens with zero attached hydrogens (tertiary/aromatic N) is 2. The van der Waals surface area contributed by atoms with E-state index in [1.54, 1.807) is 14.0 Å². The third-order valence-corrected chi connectivity index (χ3v) is 7.22. The molecule has 0 bridgehead atoms. The van der Waals surface area contributed by atoms with Gasteiger partial charge in [0.25, 0.3) is 10.0 Å². The molecule has 1 atom stereocenters. The normalized spacial score (nSPS) is 13.6. The number of rotatable bonds is 4. The second-order valence-corrected chi connectivity index (χ2v) is 8.72. The van der Waals surface area contributed by atoms with E-state index in [9.17, 15) is 8.42 Å². The number of halogens is 1. The van der Waals surface area contributed by atoms with Crippen molar-refractivity contribution in [3.8, 4) is 0 Å². The van der Waals surface area contributed by atoms with Crippen molar-refractivity contribution < 1.29 is 8.42 Å². The Labute approximate surface area is 134 Å². The summed E-state index contributed by atoms with van der Waals surface area (Å²) in [5, 5.41) is 0. The monoisotopic (exact) mass is 344 g/mol. The van der Waals surface area contributed by atoms with Gasteiger partial charge in [-0.1, -0.05) is 52.8 Å². The number of thiazole rings is 1. The van der Waals surface area contributed by atoms with E-state index in [0.29, 0.717) is 5.69 Å². The van der Waals surface area contributed by atoms with E-state index in [4.69, 9.17) is 11.6 Å². The number of benzene rings is 1. The first kappa shape index (κ1) is 16.4. The summed E-state index contributed by atoms with van der Waals surface area (Å²) in [5.41, 5.74) is 2.52. The lowest BCUT2D eigenvalue weighted by atomic mass is 10.1. The van der Waals surface area contributed by atoms with Crippen LogP contribution in [0.4, 0.5) is 0 Å². The highest BCUT2D eigenvalue weighted by Gasteiger charge is 2.30. The molecule has 0 aliphatic heterocycles. The maximum atomic E-state index is 12.7. The predicted octanol–water partition coefficient (Wildman–Crippen LogP) is 3.80. The molecule has 0 saturated heterocycles. The average Bonchev–Trinajstić information content (AvgIpc) is 2.77. The molecular weight excluding hydrogens is 328 g/mol. The van der Waals surface area contributed by atoms with Crippen molar-refractivity contribution in [2.75, 3.05) is 7.05 Å². The van der Waals surface area contributed by atoms with Crippen LogP contribution in [-0.2, 0) is 10.0 Å².